The Morgan fingerprint density at radius 1 is 1.20 bits per heavy atom. The van der Waals surface area contributed by atoms with Crippen molar-refractivity contribution in [1.82, 2.24) is 9.80 Å². The van der Waals surface area contributed by atoms with Crippen molar-refractivity contribution in [3.63, 3.8) is 0 Å². The third-order valence-electron chi connectivity index (χ3n) is 4.99. The summed E-state index contributed by atoms with van der Waals surface area (Å²) in [4.78, 5) is 16.8. The predicted octanol–water partition coefficient (Wildman–Crippen LogP) is 3.48. The van der Waals surface area contributed by atoms with E-state index >= 15 is 0 Å². The van der Waals surface area contributed by atoms with Gasteiger partial charge in [0.25, 0.3) is 0 Å². The summed E-state index contributed by atoms with van der Waals surface area (Å²) in [5, 5.41) is 0. The van der Waals surface area contributed by atoms with Crippen LogP contribution in [0.4, 0.5) is 0 Å². The molecule has 1 amide bonds. The van der Waals surface area contributed by atoms with Gasteiger partial charge in [0.2, 0.25) is 5.91 Å². The second-order valence-electron chi connectivity index (χ2n) is 7.13. The van der Waals surface area contributed by atoms with Crippen LogP contribution in [0, 0.1) is 0 Å². The largest absolute Gasteiger partial charge is 0.498 e. The first kappa shape index (κ1) is 19.5. The Kier molecular flexibility index (Phi) is 7.51. The maximum Gasteiger partial charge on any atom is 0.249 e. The zero-order valence-corrected chi connectivity index (χ0v) is 16.0. The number of rotatable bonds is 7. The van der Waals surface area contributed by atoms with Gasteiger partial charge < -0.3 is 9.64 Å². The Morgan fingerprint density at radius 3 is 2.60 bits per heavy atom. The summed E-state index contributed by atoms with van der Waals surface area (Å²) in [5.41, 5.74) is 1.40. The van der Waals surface area contributed by atoms with E-state index in [1.807, 2.05) is 18.7 Å². The average molecular weight is 344 g/mol. The highest BCUT2D eigenvalue weighted by Gasteiger charge is 2.32. The maximum absolute atomic E-state index is 12.4. The molecule has 25 heavy (non-hydrogen) atoms. The predicted molar refractivity (Wildman–Crippen MR) is 102 cm³/mol. The SMILES string of the molecule is CC(C)OC=CC(=O)N1CCN(CCCc2ccccc2)[C@H](C)[C@H]1C. The Hall–Kier alpha value is -1.81. The van der Waals surface area contributed by atoms with Crippen molar-refractivity contribution in [3.05, 3.63) is 48.2 Å². The van der Waals surface area contributed by atoms with Crippen molar-refractivity contribution >= 4 is 5.91 Å². The van der Waals surface area contributed by atoms with Crippen LogP contribution in [0.15, 0.2) is 42.7 Å². The molecule has 1 aliphatic rings. The lowest BCUT2D eigenvalue weighted by molar-refractivity contribution is -0.132. The molecule has 1 heterocycles. The fourth-order valence-electron chi connectivity index (χ4n) is 3.32. The van der Waals surface area contributed by atoms with Crippen LogP contribution in [0.2, 0.25) is 0 Å². The van der Waals surface area contributed by atoms with Crippen LogP contribution < -0.4 is 0 Å². The summed E-state index contributed by atoms with van der Waals surface area (Å²) in [5.74, 6) is 0.0453. The minimum absolute atomic E-state index is 0.0453. The zero-order valence-electron chi connectivity index (χ0n) is 16.0. The summed E-state index contributed by atoms with van der Waals surface area (Å²) in [6.45, 7) is 11.1. The Labute approximate surface area is 152 Å². The van der Waals surface area contributed by atoms with Gasteiger partial charge in [0.15, 0.2) is 0 Å². The highest BCUT2D eigenvalue weighted by Crippen LogP contribution is 2.18. The number of hydrogen-bond acceptors (Lipinski definition) is 3. The van der Waals surface area contributed by atoms with Gasteiger partial charge in [-0.15, -0.1) is 0 Å². The van der Waals surface area contributed by atoms with E-state index in [1.54, 1.807) is 6.08 Å². The smallest absolute Gasteiger partial charge is 0.249 e. The van der Waals surface area contributed by atoms with Crippen LogP contribution in [-0.4, -0.2) is 53.5 Å². The zero-order chi connectivity index (χ0) is 18.2. The molecule has 0 unspecified atom stereocenters. The molecule has 2 rings (SSSR count). The van der Waals surface area contributed by atoms with Gasteiger partial charge in [-0.05, 0) is 52.6 Å². The Balaban J connectivity index is 1.80. The highest BCUT2D eigenvalue weighted by molar-refractivity contribution is 5.87. The average Bonchev–Trinajstić information content (AvgIpc) is 2.59. The molecule has 4 nitrogen and oxygen atoms in total. The molecule has 0 radical (unpaired) electrons. The van der Waals surface area contributed by atoms with Gasteiger partial charge in [-0.1, -0.05) is 30.3 Å². The topological polar surface area (TPSA) is 32.8 Å². The molecule has 4 heteroatoms. The van der Waals surface area contributed by atoms with Crippen LogP contribution in [0.25, 0.3) is 0 Å². The van der Waals surface area contributed by atoms with Gasteiger partial charge in [0, 0.05) is 31.2 Å². The van der Waals surface area contributed by atoms with E-state index in [0.29, 0.717) is 6.04 Å². The van der Waals surface area contributed by atoms with E-state index in [2.05, 4.69) is 49.1 Å². The number of carbonyl (C=O) groups excluding carboxylic acids is 1. The molecular weight excluding hydrogens is 312 g/mol. The van der Waals surface area contributed by atoms with Crippen molar-refractivity contribution in [2.45, 2.75) is 58.7 Å². The normalized spacial score (nSPS) is 21.9. The van der Waals surface area contributed by atoms with Crippen LogP contribution in [0.5, 0.6) is 0 Å². The standard InChI is InChI=1S/C21H32N2O2/c1-17(2)25-16-12-21(24)23-15-14-22(18(3)19(23)4)13-8-11-20-9-6-5-7-10-20/h5-7,9-10,12,16-19H,8,11,13-15H2,1-4H3/t18-,19-/m1/s1. The molecular formula is C21H32N2O2. The molecule has 0 aromatic heterocycles. The summed E-state index contributed by atoms with van der Waals surface area (Å²) < 4.78 is 5.34. The molecule has 1 aromatic rings. The lowest BCUT2D eigenvalue weighted by Gasteiger charge is -2.44. The van der Waals surface area contributed by atoms with Crippen LogP contribution in [0.3, 0.4) is 0 Å². The number of piperazine rings is 1. The first-order valence-electron chi connectivity index (χ1n) is 9.39. The van der Waals surface area contributed by atoms with Crippen molar-refractivity contribution in [2.24, 2.45) is 0 Å². The molecule has 0 aliphatic carbocycles. The van der Waals surface area contributed by atoms with Gasteiger partial charge in [-0.25, -0.2) is 0 Å². The molecule has 0 N–H and O–H groups in total. The number of aryl methyl sites for hydroxylation is 1. The Bertz CT molecular complexity index is 556. The fourth-order valence-corrected chi connectivity index (χ4v) is 3.32. The molecule has 0 bridgehead atoms. The quantitative estimate of drug-likeness (QED) is 0.561. The number of hydrogen-bond donors (Lipinski definition) is 0. The molecule has 2 atom stereocenters. The van der Waals surface area contributed by atoms with Gasteiger partial charge in [0.1, 0.15) is 0 Å². The second kappa shape index (κ2) is 9.62. The van der Waals surface area contributed by atoms with Gasteiger partial charge >= 0.3 is 0 Å². The monoisotopic (exact) mass is 344 g/mol. The summed E-state index contributed by atoms with van der Waals surface area (Å²) in [6.07, 6.45) is 5.43. The number of carbonyl (C=O) groups is 1. The molecule has 1 aromatic carbocycles. The molecule has 1 aliphatic heterocycles. The first-order valence-corrected chi connectivity index (χ1v) is 9.39. The van der Waals surface area contributed by atoms with Crippen molar-refractivity contribution in [1.29, 1.82) is 0 Å². The van der Waals surface area contributed by atoms with E-state index in [4.69, 9.17) is 4.74 Å². The second-order valence-corrected chi connectivity index (χ2v) is 7.13. The van der Waals surface area contributed by atoms with Crippen LogP contribution in [0.1, 0.15) is 39.7 Å². The lowest BCUT2D eigenvalue weighted by Crippen LogP contribution is -2.58. The number of amides is 1. The van der Waals surface area contributed by atoms with E-state index in [1.165, 1.54) is 11.8 Å². The summed E-state index contributed by atoms with van der Waals surface area (Å²) in [7, 11) is 0. The lowest BCUT2D eigenvalue weighted by atomic mass is 10.0. The summed E-state index contributed by atoms with van der Waals surface area (Å²) >= 11 is 0. The van der Waals surface area contributed by atoms with Crippen molar-refractivity contribution < 1.29 is 9.53 Å². The minimum atomic E-state index is 0.0453. The summed E-state index contributed by atoms with van der Waals surface area (Å²) in [6, 6.07) is 11.2. The number of benzene rings is 1. The van der Waals surface area contributed by atoms with Gasteiger partial charge in [-0.3, -0.25) is 9.69 Å². The third-order valence-corrected chi connectivity index (χ3v) is 4.99. The molecule has 1 saturated heterocycles. The van der Waals surface area contributed by atoms with E-state index in [-0.39, 0.29) is 18.1 Å². The fraction of sp³-hybridized carbons (Fsp3) is 0.571. The third kappa shape index (κ3) is 5.89. The molecule has 0 spiro atoms. The van der Waals surface area contributed by atoms with E-state index in [9.17, 15) is 4.79 Å². The van der Waals surface area contributed by atoms with E-state index < -0.39 is 0 Å². The van der Waals surface area contributed by atoms with E-state index in [0.717, 1.165) is 32.5 Å². The van der Waals surface area contributed by atoms with Crippen molar-refractivity contribution in [2.75, 3.05) is 19.6 Å². The maximum atomic E-state index is 12.4. The first-order chi connectivity index (χ1) is 12.0. The molecule has 1 fully saturated rings. The van der Waals surface area contributed by atoms with Crippen LogP contribution in [-0.2, 0) is 16.0 Å². The minimum Gasteiger partial charge on any atom is -0.498 e. The van der Waals surface area contributed by atoms with Gasteiger partial charge in [-0.2, -0.15) is 0 Å². The molecule has 0 saturated carbocycles. The van der Waals surface area contributed by atoms with Crippen molar-refractivity contribution in [3.8, 4) is 0 Å². The molecule has 138 valence electrons. The Morgan fingerprint density at radius 2 is 1.92 bits per heavy atom. The van der Waals surface area contributed by atoms with Gasteiger partial charge in [0.05, 0.1) is 12.4 Å². The highest BCUT2D eigenvalue weighted by atomic mass is 16.5. The number of nitrogens with zero attached hydrogens (tertiary/aromatic N) is 2. The van der Waals surface area contributed by atoms with Crippen LogP contribution >= 0.6 is 0 Å². The number of ether oxygens (including phenoxy) is 1.